The summed E-state index contributed by atoms with van der Waals surface area (Å²) < 4.78 is 41.0. The third-order valence-electron chi connectivity index (χ3n) is 7.11. The molecule has 0 aromatic heterocycles. The smallest absolute Gasteiger partial charge is 0.266 e. The largest absolute Gasteiger partial charge is 0.494 e. The van der Waals surface area contributed by atoms with Crippen LogP contribution in [0.25, 0.3) is 0 Å². The number of benzene rings is 4. The highest BCUT2D eigenvalue weighted by Gasteiger charge is 2.54. The van der Waals surface area contributed by atoms with E-state index in [2.05, 4.69) is 42.7 Å². The standard InChI is InChI=1S/C33H29Br2F2N3O4/c34-26-8-3-1-6-23(26)19-33(32(42)40-38-20-21-10-15-28(36)29(37)18-21)30(25-7-2-4-9-27(25)35)44-31(39-33)22-11-13-24(14-12-22)43-17-5-16-41/h1-4,6-15,18,30,38,41H,5,16-17,19-20H2,(H,40,42)/t30-,33-/m0/s1. The Morgan fingerprint density at radius 1 is 0.955 bits per heavy atom. The second-order valence-electron chi connectivity index (χ2n) is 10.1. The van der Waals surface area contributed by atoms with E-state index in [0.717, 1.165) is 32.2 Å². The van der Waals surface area contributed by atoms with E-state index in [-0.39, 0.29) is 25.5 Å². The fourth-order valence-electron chi connectivity index (χ4n) is 4.86. The van der Waals surface area contributed by atoms with Crippen molar-refractivity contribution in [3.05, 3.63) is 134 Å². The third kappa shape index (κ3) is 7.18. The molecule has 0 bridgehead atoms. The molecule has 4 aromatic carbocycles. The second-order valence-corrected chi connectivity index (χ2v) is 11.8. The Morgan fingerprint density at radius 2 is 1.68 bits per heavy atom. The highest BCUT2D eigenvalue weighted by Crippen LogP contribution is 2.45. The fraction of sp³-hybridized carbons (Fsp3) is 0.212. The van der Waals surface area contributed by atoms with E-state index in [1.165, 1.54) is 6.07 Å². The molecule has 2 atom stereocenters. The van der Waals surface area contributed by atoms with Gasteiger partial charge in [-0.05, 0) is 59.7 Å². The highest BCUT2D eigenvalue weighted by molar-refractivity contribution is 9.10. The van der Waals surface area contributed by atoms with E-state index < -0.39 is 29.2 Å². The first-order chi connectivity index (χ1) is 21.3. The van der Waals surface area contributed by atoms with Crippen molar-refractivity contribution < 1.29 is 28.2 Å². The van der Waals surface area contributed by atoms with Crippen LogP contribution in [0.3, 0.4) is 0 Å². The Hall–Kier alpha value is -3.64. The molecule has 0 unspecified atom stereocenters. The van der Waals surface area contributed by atoms with Crippen LogP contribution in [0.2, 0.25) is 0 Å². The van der Waals surface area contributed by atoms with Crippen LogP contribution in [0, 0.1) is 11.6 Å². The zero-order chi connectivity index (χ0) is 31.1. The van der Waals surface area contributed by atoms with Crippen molar-refractivity contribution in [1.82, 2.24) is 10.9 Å². The van der Waals surface area contributed by atoms with Gasteiger partial charge in [0.15, 0.2) is 23.3 Å². The first-order valence-corrected chi connectivity index (χ1v) is 15.4. The van der Waals surface area contributed by atoms with Crippen molar-refractivity contribution in [2.75, 3.05) is 13.2 Å². The molecule has 0 radical (unpaired) electrons. The van der Waals surface area contributed by atoms with Crippen LogP contribution in [0.1, 0.15) is 34.8 Å². The van der Waals surface area contributed by atoms with Crippen molar-refractivity contribution in [2.45, 2.75) is 31.0 Å². The fourth-order valence-corrected chi connectivity index (χ4v) is 5.78. The number of carbonyl (C=O) groups excluding carboxylic acids is 1. The van der Waals surface area contributed by atoms with E-state index in [0.29, 0.717) is 29.9 Å². The Balaban J connectivity index is 1.52. The number of aliphatic hydroxyl groups is 1. The number of hydrazine groups is 1. The minimum Gasteiger partial charge on any atom is -0.494 e. The van der Waals surface area contributed by atoms with Crippen molar-refractivity contribution in [3.63, 3.8) is 0 Å². The number of ether oxygens (including phenoxy) is 2. The monoisotopic (exact) mass is 727 g/mol. The van der Waals surface area contributed by atoms with Gasteiger partial charge in [-0.25, -0.2) is 19.2 Å². The average molecular weight is 729 g/mol. The SMILES string of the molecule is O=C(NNCc1ccc(F)c(F)c1)[C@@]1(Cc2ccccc2Br)N=C(c2ccc(OCCCO)cc2)O[C@H]1c1ccccc1Br. The first kappa shape index (κ1) is 31.8. The molecule has 0 spiro atoms. The van der Waals surface area contributed by atoms with Crippen LogP contribution >= 0.6 is 31.9 Å². The quantitative estimate of drug-likeness (QED) is 0.113. The lowest BCUT2D eigenvalue weighted by Gasteiger charge is -2.31. The van der Waals surface area contributed by atoms with E-state index >= 15 is 0 Å². The van der Waals surface area contributed by atoms with Gasteiger partial charge in [0.25, 0.3) is 5.91 Å². The van der Waals surface area contributed by atoms with Gasteiger partial charge >= 0.3 is 0 Å². The van der Waals surface area contributed by atoms with E-state index in [1.807, 2.05) is 48.5 Å². The second kappa shape index (κ2) is 14.4. The average Bonchev–Trinajstić information content (AvgIpc) is 3.41. The molecule has 0 fully saturated rings. The van der Waals surface area contributed by atoms with E-state index in [4.69, 9.17) is 19.6 Å². The summed E-state index contributed by atoms with van der Waals surface area (Å²) >= 11 is 7.25. The number of aliphatic hydroxyl groups excluding tert-OH is 1. The van der Waals surface area contributed by atoms with Gasteiger partial charge in [0.05, 0.1) is 6.61 Å². The summed E-state index contributed by atoms with van der Waals surface area (Å²) in [5.41, 5.74) is 6.77. The van der Waals surface area contributed by atoms with Crippen LogP contribution in [0.4, 0.5) is 8.78 Å². The number of hydrogen-bond donors (Lipinski definition) is 3. The molecule has 7 nitrogen and oxygen atoms in total. The molecule has 0 aliphatic carbocycles. The number of hydrogen-bond acceptors (Lipinski definition) is 6. The molecule has 1 aliphatic heterocycles. The molecule has 4 aromatic rings. The molecule has 1 heterocycles. The first-order valence-electron chi connectivity index (χ1n) is 13.9. The lowest BCUT2D eigenvalue weighted by atomic mass is 9.82. The molecule has 228 valence electrons. The van der Waals surface area contributed by atoms with Crippen molar-refractivity contribution >= 4 is 43.7 Å². The molecule has 1 aliphatic rings. The zero-order valence-corrected chi connectivity index (χ0v) is 26.6. The summed E-state index contributed by atoms with van der Waals surface area (Å²) in [7, 11) is 0. The van der Waals surface area contributed by atoms with Crippen LogP contribution < -0.4 is 15.6 Å². The number of aliphatic imine (C=N–C) groups is 1. The van der Waals surface area contributed by atoms with Crippen LogP contribution in [-0.4, -0.2) is 35.7 Å². The van der Waals surface area contributed by atoms with Gasteiger partial charge in [-0.15, -0.1) is 0 Å². The number of nitrogens with zero attached hydrogens (tertiary/aromatic N) is 1. The van der Waals surface area contributed by atoms with E-state index in [1.54, 1.807) is 24.3 Å². The van der Waals surface area contributed by atoms with E-state index in [9.17, 15) is 13.6 Å². The molecule has 0 saturated carbocycles. The van der Waals surface area contributed by atoms with Gasteiger partial charge in [0, 0.05) is 46.1 Å². The van der Waals surface area contributed by atoms with Crippen molar-refractivity contribution in [3.8, 4) is 5.75 Å². The lowest BCUT2D eigenvalue weighted by Crippen LogP contribution is -2.53. The highest BCUT2D eigenvalue weighted by atomic mass is 79.9. The molecule has 1 amide bonds. The molecule has 44 heavy (non-hydrogen) atoms. The predicted molar refractivity (Wildman–Crippen MR) is 170 cm³/mol. The molecule has 5 rings (SSSR count). The molecular weight excluding hydrogens is 700 g/mol. The number of carbonyl (C=O) groups is 1. The Bertz CT molecular complexity index is 1650. The van der Waals surface area contributed by atoms with Gasteiger partial charge in [-0.1, -0.05) is 74.3 Å². The Labute approximate surface area is 270 Å². The molecule has 3 N–H and O–H groups in total. The topological polar surface area (TPSA) is 92.2 Å². The Morgan fingerprint density at radius 3 is 2.39 bits per heavy atom. The van der Waals surface area contributed by atoms with Crippen LogP contribution in [-0.2, 0) is 22.5 Å². The minimum absolute atomic E-state index is 0.0382. The van der Waals surface area contributed by atoms with Crippen molar-refractivity contribution in [2.24, 2.45) is 4.99 Å². The van der Waals surface area contributed by atoms with Gasteiger partial charge in [0.1, 0.15) is 5.75 Å². The zero-order valence-electron chi connectivity index (χ0n) is 23.4. The maximum atomic E-state index is 14.3. The number of halogens is 4. The maximum absolute atomic E-state index is 14.3. The summed E-state index contributed by atoms with van der Waals surface area (Å²) in [6.45, 7) is 0.462. The summed E-state index contributed by atoms with van der Waals surface area (Å²) in [5.74, 6) is -1.50. The van der Waals surface area contributed by atoms with Crippen molar-refractivity contribution in [1.29, 1.82) is 0 Å². The summed E-state index contributed by atoms with van der Waals surface area (Å²) in [4.78, 5) is 19.3. The number of nitrogens with one attached hydrogen (secondary N) is 2. The summed E-state index contributed by atoms with van der Waals surface area (Å²) in [6, 6.07) is 25.8. The maximum Gasteiger partial charge on any atom is 0.266 e. The van der Waals surface area contributed by atoms with Crippen LogP contribution in [0.5, 0.6) is 5.75 Å². The number of amides is 1. The normalized spacial score (nSPS) is 17.6. The van der Waals surface area contributed by atoms with Gasteiger partial charge in [0.2, 0.25) is 5.90 Å². The summed E-state index contributed by atoms with van der Waals surface area (Å²) in [5, 5.41) is 9.04. The van der Waals surface area contributed by atoms with Crippen LogP contribution in [0.15, 0.2) is 105 Å². The van der Waals surface area contributed by atoms with Gasteiger partial charge in [-0.3, -0.25) is 10.2 Å². The minimum atomic E-state index is -1.49. The predicted octanol–water partition coefficient (Wildman–Crippen LogP) is 6.57. The van der Waals surface area contributed by atoms with Gasteiger partial charge in [-0.2, -0.15) is 0 Å². The third-order valence-corrected chi connectivity index (χ3v) is 8.61. The Kier molecular flexibility index (Phi) is 10.4. The molecule has 11 heteroatoms. The lowest BCUT2D eigenvalue weighted by molar-refractivity contribution is -0.130. The number of rotatable bonds is 12. The molecule has 0 saturated heterocycles. The molecular formula is C33H29Br2F2N3O4. The van der Waals surface area contributed by atoms with Gasteiger partial charge < -0.3 is 14.6 Å². The summed E-state index contributed by atoms with van der Waals surface area (Å²) in [6.07, 6.45) is -0.154.